The van der Waals surface area contributed by atoms with Gasteiger partial charge >= 0.3 is 0 Å². The van der Waals surface area contributed by atoms with Crippen LogP contribution in [0.2, 0.25) is 0 Å². The van der Waals surface area contributed by atoms with Crippen molar-refractivity contribution in [3.63, 3.8) is 0 Å². The van der Waals surface area contributed by atoms with Crippen LogP contribution in [-0.2, 0) is 19.1 Å². The molecule has 1 saturated carbocycles. The van der Waals surface area contributed by atoms with E-state index in [0.717, 1.165) is 0 Å². The summed E-state index contributed by atoms with van der Waals surface area (Å²) < 4.78 is 4.93. The first-order valence-electron chi connectivity index (χ1n) is 7.28. The number of piperidine rings is 1. The number of carbonyl (C=O) groups is 3. The van der Waals surface area contributed by atoms with E-state index in [0.29, 0.717) is 32.4 Å². The summed E-state index contributed by atoms with van der Waals surface area (Å²) in [5.41, 5.74) is -2.06. The van der Waals surface area contributed by atoms with Gasteiger partial charge in [-0.25, -0.2) is 0 Å². The number of methoxy groups -OCH3 is 1. The molecule has 1 aliphatic heterocycles. The molecule has 1 aliphatic carbocycles. The number of carbonyl (C=O) groups excluding carboxylic acids is 3. The maximum Gasteiger partial charge on any atom is 0.232 e. The zero-order valence-corrected chi connectivity index (χ0v) is 13.2. The van der Waals surface area contributed by atoms with Crippen LogP contribution in [0.3, 0.4) is 0 Å². The fraction of sp³-hybridized carbons (Fsp3) is 0.800. The average Bonchev–Trinajstić information content (AvgIpc) is 2.36. The molecule has 3 amide bonds. The lowest BCUT2D eigenvalue weighted by Gasteiger charge is -2.53. The zero-order chi connectivity index (χ0) is 15.9. The lowest BCUT2D eigenvalue weighted by atomic mass is 9.52. The highest BCUT2D eigenvalue weighted by Crippen LogP contribution is 2.56. The van der Waals surface area contributed by atoms with Crippen molar-refractivity contribution in [3.05, 3.63) is 0 Å². The molecule has 6 heteroatoms. The predicted molar refractivity (Wildman–Crippen MR) is 76.2 cm³/mol. The van der Waals surface area contributed by atoms with Crippen molar-refractivity contribution in [3.8, 4) is 0 Å². The lowest BCUT2D eigenvalue weighted by Crippen LogP contribution is -2.63. The first-order chi connectivity index (χ1) is 9.65. The van der Waals surface area contributed by atoms with Crippen LogP contribution in [0.25, 0.3) is 0 Å². The monoisotopic (exact) mass is 296 g/mol. The Morgan fingerprint density at radius 3 is 2.14 bits per heavy atom. The van der Waals surface area contributed by atoms with Crippen molar-refractivity contribution >= 4 is 17.7 Å². The van der Waals surface area contributed by atoms with Gasteiger partial charge in [0.15, 0.2) is 0 Å². The third-order valence-corrected chi connectivity index (χ3v) is 4.80. The molecule has 6 nitrogen and oxygen atoms in total. The summed E-state index contributed by atoms with van der Waals surface area (Å²) in [4.78, 5) is 36.8. The molecular formula is C15H24N2O4. The Bertz CT molecular complexity index is 462. The molecular weight excluding hydrogens is 272 g/mol. The third-order valence-electron chi connectivity index (χ3n) is 4.80. The number of imide groups is 1. The van der Waals surface area contributed by atoms with Crippen LogP contribution in [0.1, 0.15) is 40.0 Å². The first kappa shape index (κ1) is 15.9. The number of amides is 3. The molecule has 0 spiro atoms. The molecule has 2 atom stereocenters. The van der Waals surface area contributed by atoms with Gasteiger partial charge in [-0.3, -0.25) is 19.7 Å². The number of fused-ring (bicyclic) bond motifs is 2. The third kappa shape index (κ3) is 2.69. The molecule has 0 aromatic rings. The molecule has 2 unspecified atom stereocenters. The van der Waals surface area contributed by atoms with Gasteiger partial charge in [-0.1, -0.05) is 20.8 Å². The summed E-state index contributed by atoms with van der Waals surface area (Å²) in [5.74, 6) is -0.639. The Labute approximate surface area is 125 Å². The van der Waals surface area contributed by atoms with Crippen molar-refractivity contribution in [2.75, 3.05) is 20.3 Å². The quantitative estimate of drug-likeness (QED) is 0.588. The molecule has 1 heterocycles. The minimum absolute atomic E-state index is 0.112. The van der Waals surface area contributed by atoms with E-state index in [1.165, 1.54) is 0 Å². The number of ether oxygens (including phenoxy) is 1. The van der Waals surface area contributed by atoms with E-state index >= 15 is 0 Å². The predicted octanol–water partition coefficient (Wildman–Crippen LogP) is 0.608. The van der Waals surface area contributed by atoms with Crippen LogP contribution < -0.4 is 10.6 Å². The normalized spacial score (nSPS) is 38.9. The van der Waals surface area contributed by atoms with Crippen molar-refractivity contribution in [2.45, 2.75) is 40.0 Å². The Morgan fingerprint density at radius 1 is 1.14 bits per heavy atom. The van der Waals surface area contributed by atoms with Crippen molar-refractivity contribution in [1.29, 1.82) is 0 Å². The fourth-order valence-electron chi connectivity index (χ4n) is 4.14. The second-order valence-electron chi connectivity index (χ2n) is 7.24. The summed E-state index contributed by atoms with van der Waals surface area (Å²) in [7, 11) is 1.57. The smallest absolute Gasteiger partial charge is 0.232 e. The SMILES string of the molecule is COCCNC(=O)C1(C)CC2(C)CC(C)(C1)C(=O)NC2=O. The van der Waals surface area contributed by atoms with Gasteiger partial charge < -0.3 is 10.1 Å². The van der Waals surface area contributed by atoms with Gasteiger partial charge in [-0.2, -0.15) is 0 Å². The van der Waals surface area contributed by atoms with Gasteiger partial charge in [0.1, 0.15) is 0 Å². The Balaban J connectivity index is 2.24. The maximum absolute atomic E-state index is 12.5. The van der Waals surface area contributed by atoms with Crippen LogP contribution in [0.15, 0.2) is 0 Å². The zero-order valence-electron chi connectivity index (χ0n) is 13.2. The highest BCUT2D eigenvalue weighted by Gasteiger charge is 2.60. The first-order valence-corrected chi connectivity index (χ1v) is 7.28. The van der Waals surface area contributed by atoms with Gasteiger partial charge in [-0.05, 0) is 19.3 Å². The van der Waals surface area contributed by atoms with Gasteiger partial charge in [0, 0.05) is 29.9 Å². The Kier molecular flexibility index (Phi) is 3.86. The summed E-state index contributed by atoms with van der Waals surface area (Å²) in [6.07, 6.45) is 1.41. The minimum Gasteiger partial charge on any atom is -0.383 e. The van der Waals surface area contributed by atoms with Crippen molar-refractivity contribution < 1.29 is 19.1 Å². The highest BCUT2D eigenvalue weighted by molar-refractivity contribution is 6.04. The van der Waals surface area contributed by atoms with Crippen LogP contribution in [0.5, 0.6) is 0 Å². The molecule has 0 aromatic carbocycles. The van der Waals surface area contributed by atoms with Crippen molar-refractivity contribution in [1.82, 2.24) is 10.6 Å². The molecule has 2 rings (SSSR count). The van der Waals surface area contributed by atoms with Crippen molar-refractivity contribution in [2.24, 2.45) is 16.2 Å². The second kappa shape index (κ2) is 5.09. The summed E-state index contributed by atoms with van der Waals surface area (Å²) in [6.45, 7) is 6.39. The molecule has 2 N–H and O–H groups in total. The van der Waals surface area contributed by atoms with Gasteiger partial charge in [-0.15, -0.1) is 0 Å². The molecule has 1 saturated heterocycles. The summed E-state index contributed by atoms with van der Waals surface area (Å²) >= 11 is 0. The summed E-state index contributed by atoms with van der Waals surface area (Å²) in [5, 5.41) is 5.30. The van der Waals surface area contributed by atoms with E-state index in [-0.39, 0.29) is 17.7 Å². The lowest BCUT2D eigenvalue weighted by molar-refractivity contribution is -0.164. The van der Waals surface area contributed by atoms with Crippen LogP contribution in [-0.4, -0.2) is 38.0 Å². The van der Waals surface area contributed by atoms with E-state index in [9.17, 15) is 14.4 Å². The molecule has 2 fully saturated rings. The van der Waals surface area contributed by atoms with E-state index in [4.69, 9.17) is 4.74 Å². The molecule has 118 valence electrons. The van der Waals surface area contributed by atoms with Gasteiger partial charge in [0.25, 0.3) is 0 Å². The van der Waals surface area contributed by atoms with Crippen LogP contribution >= 0.6 is 0 Å². The number of rotatable bonds is 4. The number of hydrogen-bond donors (Lipinski definition) is 2. The molecule has 2 bridgehead atoms. The second-order valence-corrected chi connectivity index (χ2v) is 7.24. The molecule has 0 aromatic heterocycles. The van der Waals surface area contributed by atoms with Gasteiger partial charge in [0.2, 0.25) is 17.7 Å². The Hall–Kier alpha value is -1.43. The van der Waals surface area contributed by atoms with Crippen LogP contribution in [0.4, 0.5) is 0 Å². The van der Waals surface area contributed by atoms with E-state index in [2.05, 4.69) is 10.6 Å². The largest absolute Gasteiger partial charge is 0.383 e. The topological polar surface area (TPSA) is 84.5 Å². The average molecular weight is 296 g/mol. The maximum atomic E-state index is 12.5. The Morgan fingerprint density at radius 2 is 1.67 bits per heavy atom. The highest BCUT2D eigenvalue weighted by atomic mass is 16.5. The molecule has 21 heavy (non-hydrogen) atoms. The van der Waals surface area contributed by atoms with Gasteiger partial charge in [0.05, 0.1) is 6.61 Å². The molecule has 2 aliphatic rings. The molecule has 0 radical (unpaired) electrons. The van der Waals surface area contributed by atoms with E-state index in [1.807, 2.05) is 20.8 Å². The summed E-state index contributed by atoms with van der Waals surface area (Å²) in [6, 6.07) is 0. The van der Waals surface area contributed by atoms with Crippen LogP contribution in [0, 0.1) is 16.2 Å². The van der Waals surface area contributed by atoms with E-state index in [1.54, 1.807) is 7.11 Å². The standard InChI is InChI=1S/C15H24N2O4/c1-13(10(18)16-5-6-21-4)7-14(2)9-15(3,8-13)12(20)17-11(14)19/h5-9H2,1-4H3,(H,16,18)(H,17,19,20). The fourth-order valence-corrected chi connectivity index (χ4v) is 4.14. The van der Waals surface area contributed by atoms with E-state index < -0.39 is 16.2 Å². The number of hydrogen-bond acceptors (Lipinski definition) is 4. The minimum atomic E-state index is -0.719. The number of nitrogens with one attached hydrogen (secondary N) is 2.